The number of methoxy groups -OCH3 is 1. The number of aliphatic hydroxyl groups excluding tert-OH is 1. The molecular weight excluding hydrogens is 737 g/mol. The highest BCUT2D eigenvalue weighted by Crippen LogP contribution is 2.45. The molecule has 0 bridgehead atoms. The topological polar surface area (TPSA) is 231 Å². The summed E-state index contributed by atoms with van der Waals surface area (Å²) < 4.78 is 45.4. The molecule has 20 heteroatoms. The lowest BCUT2D eigenvalue weighted by Gasteiger charge is -2.31. The van der Waals surface area contributed by atoms with Gasteiger partial charge < -0.3 is 39.4 Å². The number of aliphatic hydroxyl groups is 2. The molecule has 17 nitrogen and oxygen atoms in total. The van der Waals surface area contributed by atoms with Gasteiger partial charge in [-0.15, -0.1) is 0 Å². The molecule has 292 valence electrons. The van der Waals surface area contributed by atoms with E-state index in [1.54, 1.807) is 12.5 Å². The number of carbonyl (C=O) groups excluding carboxylic acids is 2. The standard InChI is InChI=1S/C32H52N7O10PS2/c1-32(43)25(40)23(49-30(32)39-18-34-24-26(39)35-31(33)36-27(24)45-2)15-46-50(44,37-21(16-51-3)28(41)47-19-11-7-5-8-12-19)38-22(17-52-4)29(42)48-20-13-9-6-10-14-20/h18-23,25,30,40,43H,5-17H2,1-4H3,(H2,33,35,36)(H2,37,38,44)/t21-,22-,23+,25+,30+,32+/m0/s1. The van der Waals surface area contributed by atoms with Gasteiger partial charge in [-0.25, -0.2) is 15.2 Å². The van der Waals surface area contributed by atoms with Gasteiger partial charge in [-0.3, -0.25) is 18.7 Å². The van der Waals surface area contributed by atoms with Crippen LogP contribution in [0.3, 0.4) is 0 Å². The van der Waals surface area contributed by atoms with Crippen molar-refractivity contribution in [2.24, 2.45) is 0 Å². The summed E-state index contributed by atoms with van der Waals surface area (Å²) in [5.74, 6) is -0.764. The number of fused-ring (bicyclic) bond motifs is 1. The van der Waals surface area contributed by atoms with E-state index in [1.807, 2.05) is 0 Å². The first-order chi connectivity index (χ1) is 24.9. The van der Waals surface area contributed by atoms with Crippen LogP contribution in [-0.4, -0.2) is 122 Å². The van der Waals surface area contributed by atoms with E-state index in [2.05, 4.69) is 25.1 Å². The zero-order chi connectivity index (χ0) is 37.5. The lowest BCUT2D eigenvalue weighted by Crippen LogP contribution is -2.48. The molecule has 2 saturated carbocycles. The summed E-state index contributed by atoms with van der Waals surface area (Å²) in [5, 5.41) is 28.6. The first kappa shape index (κ1) is 41.0. The quantitative estimate of drug-likeness (QED) is 0.115. The van der Waals surface area contributed by atoms with Gasteiger partial charge in [0, 0.05) is 11.5 Å². The van der Waals surface area contributed by atoms with Gasteiger partial charge in [0.15, 0.2) is 17.4 Å². The van der Waals surface area contributed by atoms with E-state index in [-0.39, 0.29) is 46.7 Å². The zero-order valence-electron chi connectivity index (χ0n) is 30.1. The van der Waals surface area contributed by atoms with Crippen molar-refractivity contribution in [1.29, 1.82) is 0 Å². The molecular formula is C32H52N7O10PS2. The summed E-state index contributed by atoms with van der Waals surface area (Å²) >= 11 is 2.70. The maximum Gasteiger partial charge on any atom is 0.342 e. The van der Waals surface area contributed by atoms with Crippen LogP contribution in [0.25, 0.3) is 11.2 Å². The Bertz CT molecular complexity index is 1510. The molecule has 52 heavy (non-hydrogen) atoms. The number of nitrogens with zero attached hydrogens (tertiary/aromatic N) is 4. The molecule has 0 amide bonds. The maximum atomic E-state index is 14.9. The van der Waals surface area contributed by atoms with Gasteiger partial charge in [-0.2, -0.15) is 33.5 Å². The minimum Gasteiger partial charge on any atom is -0.479 e. The number of anilines is 1. The van der Waals surface area contributed by atoms with E-state index < -0.39 is 62.3 Å². The van der Waals surface area contributed by atoms with Crippen molar-refractivity contribution in [3.05, 3.63) is 6.33 Å². The number of imidazole rings is 1. The fourth-order valence-electron chi connectivity index (χ4n) is 6.81. The predicted molar refractivity (Wildman–Crippen MR) is 197 cm³/mol. The van der Waals surface area contributed by atoms with Gasteiger partial charge in [0.25, 0.3) is 0 Å². The highest BCUT2D eigenvalue weighted by molar-refractivity contribution is 7.98. The minimum atomic E-state index is -4.34. The molecule has 3 fully saturated rings. The van der Waals surface area contributed by atoms with E-state index in [0.29, 0.717) is 0 Å². The lowest BCUT2D eigenvalue weighted by atomic mass is 9.96. The van der Waals surface area contributed by atoms with Crippen molar-refractivity contribution in [2.75, 3.05) is 43.5 Å². The SMILES string of the molecule is COc1nc(N)nc2c1ncn2[C@@H]1O[C@H](COP(=O)(N[C@@H](CSC)C(=O)OC2CCCCC2)N[C@@H](CSC)C(=O)OC2CCCCC2)[C@@H](O)[C@@]1(C)O. The molecule has 0 unspecified atom stereocenters. The molecule has 3 aliphatic rings. The molecule has 0 radical (unpaired) electrons. The highest BCUT2D eigenvalue weighted by Gasteiger charge is 2.54. The Morgan fingerprint density at radius 3 is 2.06 bits per heavy atom. The Morgan fingerprint density at radius 2 is 1.56 bits per heavy atom. The maximum absolute atomic E-state index is 14.9. The molecule has 3 heterocycles. The first-order valence-corrected chi connectivity index (χ1v) is 22.1. The molecule has 1 saturated heterocycles. The zero-order valence-corrected chi connectivity index (χ0v) is 32.6. The number of rotatable bonds is 17. The summed E-state index contributed by atoms with van der Waals surface area (Å²) in [6.45, 7) is 0.850. The Balaban J connectivity index is 1.38. The molecule has 2 aromatic heterocycles. The largest absolute Gasteiger partial charge is 0.479 e. The third kappa shape index (κ3) is 9.90. The second kappa shape index (κ2) is 18.4. The summed E-state index contributed by atoms with van der Waals surface area (Å²) in [6, 6.07) is -2.13. The van der Waals surface area contributed by atoms with E-state index in [1.165, 1.54) is 48.5 Å². The van der Waals surface area contributed by atoms with Crippen LogP contribution < -0.4 is 20.6 Å². The molecule has 1 aliphatic heterocycles. The van der Waals surface area contributed by atoms with Gasteiger partial charge in [0.2, 0.25) is 11.8 Å². The Hall–Kier alpha value is -2.22. The molecule has 6 atom stereocenters. The second-order valence-electron chi connectivity index (χ2n) is 13.6. The fraction of sp³-hybridized carbons (Fsp3) is 0.781. The smallest absolute Gasteiger partial charge is 0.342 e. The van der Waals surface area contributed by atoms with E-state index in [4.69, 9.17) is 29.2 Å². The van der Waals surface area contributed by atoms with Crippen LogP contribution in [0.5, 0.6) is 5.88 Å². The van der Waals surface area contributed by atoms with Crippen molar-refractivity contribution in [2.45, 2.75) is 119 Å². The third-order valence-corrected chi connectivity index (χ3v) is 12.7. The first-order valence-electron chi connectivity index (χ1n) is 17.7. The predicted octanol–water partition coefficient (Wildman–Crippen LogP) is 2.95. The summed E-state index contributed by atoms with van der Waals surface area (Å²) in [7, 11) is -2.93. The van der Waals surface area contributed by atoms with Crippen molar-refractivity contribution in [1.82, 2.24) is 29.7 Å². The fourth-order valence-corrected chi connectivity index (χ4v) is 9.95. The lowest BCUT2D eigenvalue weighted by molar-refractivity contribution is -0.152. The molecule has 6 N–H and O–H groups in total. The van der Waals surface area contributed by atoms with Crippen LogP contribution in [0, 0.1) is 0 Å². The van der Waals surface area contributed by atoms with E-state index in [9.17, 15) is 24.4 Å². The number of aromatic nitrogens is 4. The van der Waals surface area contributed by atoms with E-state index in [0.717, 1.165) is 64.2 Å². The summed E-state index contributed by atoms with van der Waals surface area (Å²) in [4.78, 5) is 39.6. The average molecular weight is 790 g/mol. The molecule has 0 spiro atoms. The number of esters is 2. The Labute approximate surface area is 312 Å². The van der Waals surface area contributed by atoms with Gasteiger partial charge in [-0.1, -0.05) is 12.8 Å². The number of nitrogens with one attached hydrogen (secondary N) is 2. The van der Waals surface area contributed by atoms with Crippen LogP contribution in [0.15, 0.2) is 6.33 Å². The van der Waals surface area contributed by atoms with Gasteiger partial charge in [0.05, 0.1) is 20.0 Å². The molecule has 2 aromatic rings. The van der Waals surface area contributed by atoms with Crippen molar-refractivity contribution in [3.8, 4) is 5.88 Å². The number of carbonyl (C=O) groups is 2. The number of nitrogens with two attached hydrogens (primary N) is 1. The van der Waals surface area contributed by atoms with Gasteiger partial charge in [-0.05, 0) is 70.8 Å². The average Bonchev–Trinajstić information content (AvgIpc) is 3.64. The van der Waals surface area contributed by atoms with Gasteiger partial charge >= 0.3 is 19.6 Å². The van der Waals surface area contributed by atoms with Crippen LogP contribution in [0.4, 0.5) is 5.95 Å². The van der Waals surface area contributed by atoms with Crippen LogP contribution in [0.1, 0.15) is 77.4 Å². The normalized spacial score (nSPS) is 25.9. The number of nitrogen functional groups attached to an aromatic ring is 1. The monoisotopic (exact) mass is 789 g/mol. The summed E-state index contributed by atoms with van der Waals surface area (Å²) in [6.07, 6.45) is 9.44. The summed E-state index contributed by atoms with van der Waals surface area (Å²) in [5.41, 5.74) is 4.40. The number of hydrogen-bond acceptors (Lipinski definition) is 16. The van der Waals surface area contributed by atoms with Crippen molar-refractivity contribution < 1.29 is 47.8 Å². The third-order valence-electron chi connectivity index (χ3n) is 9.59. The molecule has 2 aliphatic carbocycles. The van der Waals surface area contributed by atoms with Crippen molar-refractivity contribution in [3.63, 3.8) is 0 Å². The van der Waals surface area contributed by atoms with Crippen LogP contribution in [-0.2, 0) is 32.9 Å². The molecule has 5 rings (SSSR count). The van der Waals surface area contributed by atoms with Crippen LogP contribution in [0.2, 0.25) is 0 Å². The number of hydrogen-bond donors (Lipinski definition) is 5. The van der Waals surface area contributed by atoms with Crippen molar-refractivity contribution >= 4 is 60.2 Å². The second-order valence-corrected chi connectivity index (χ2v) is 17.3. The molecule has 0 aromatic carbocycles. The minimum absolute atomic E-state index is 0.106. The van der Waals surface area contributed by atoms with Crippen LogP contribution >= 0.6 is 31.2 Å². The Kier molecular flexibility index (Phi) is 14.5. The number of ether oxygens (including phenoxy) is 4. The highest BCUT2D eigenvalue weighted by atomic mass is 32.2. The number of thioether (sulfide) groups is 2. The Morgan fingerprint density at radius 1 is 1.02 bits per heavy atom. The van der Waals surface area contributed by atoms with Gasteiger partial charge in [0.1, 0.15) is 42.1 Å². The van der Waals surface area contributed by atoms with E-state index >= 15 is 0 Å².